The summed E-state index contributed by atoms with van der Waals surface area (Å²) in [5.74, 6) is 0. The molecule has 0 fully saturated rings. The van der Waals surface area contributed by atoms with Gasteiger partial charge in [-0.1, -0.05) is 12.4 Å². The van der Waals surface area contributed by atoms with Crippen LogP contribution in [0.3, 0.4) is 0 Å². The van der Waals surface area contributed by atoms with Crippen LogP contribution in [0.4, 0.5) is 0 Å². The standard InChI is InChI=1S/C10H16BO/c1-7-5-10(6-12-11-4)9(3)8(7)2/h5-6H2,1-4H3. The molecule has 0 spiro atoms. The predicted molar refractivity (Wildman–Crippen MR) is 53.3 cm³/mol. The summed E-state index contributed by atoms with van der Waals surface area (Å²) in [6, 6.07) is 0. The van der Waals surface area contributed by atoms with Gasteiger partial charge < -0.3 is 4.65 Å². The van der Waals surface area contributed by atoms with Crippen molar-refractivity contribution >= 4 is 7.48 Å². The fraction of sp³-hybridized carbons (Fsp3) is 0.600. The first-order valence-corrected chi connectivity index (χ1v) is 4.41. The quantitative estimate of drug-likeness (QED) is 0.581. The first kappa shape index (κ1) is 9.59. The van der Waals surface area contributed by atoms with E-state index in [4.69, 9.17) is 4.65 Å². The summed E-state index contributed by atoms with van der Waals surface area (Å²) in [6.45, 7) is 9.24. The summed E-state index contributed by atoms with van der Waals surface area (Å²) < 4.78 is 5.27. The number of hydrogen-bond donors (Lipinski definition) is 0. The Labute approximate surface area is 75.8 Å². The van der Waals surface area contributed by atoms with Gasteiger partial charge in [-0.2, -0.15) is 0 Å². The molecule has 1 radical (unpaired) electrons. The lowest BCUT2D eigenvalue weighted by atomic mass is 10.1. The van der Waals surface area contributed by atoms with Crippen molar-refractivity contribution in [3.8, 4) is 0 Å². The normalized spacial score (nSPS) is 17.7. The summed E-state index contributed by atoms with van der Waals surface area (Å²) >= 11 is 0. The van der Waals surface area contributed by atoms with E-state index < -0.39 is 0 Å². The van der Waals surface area contributed by atoms with Crippen LogP contribution in [0, 0.1) is 0 Å². The molecule has 1 rings (SSSR count). The molecule has 0 bridgehead atoms. The molecule has 0 N–H and O–H groups in total. The van der Waals surface area contributed by atoms with Crippen LogP contribution in [-0.4, -0.2) is 14.1 Å². The molecule has 0 saturated carbocycles. The summed E-state index contributed by atoms with van der Waals surface area (Å²) in [7, 11) is 1.75. The van der Waals surface area contributed by atoms with Crippen LogP contribution in [0.1, 0.15) is 27.2 Å². The highest BCUT2D eigenvalue weighted by Crippen LogP contribution is 2.31. The van der Waals surface area contributed by atoms with Gasteiger partial charge in [0.05, 0.1) is 6.61 Å². The Bertz CT molecular complexity index is 238. The second-order valence-corrected chi connectivity index (χ2v) is 3.36. The number of allylic oxidation sites excluding steroid dienone is 3. The van der Waals surface area contributed by atoms with Crippen LogP contribution in [0.2, 0.25) is 6.82 Å². The minimum atomic E-state index is 0.761. The van der Waals surface area contributed by atoms with Gasteiger partial charge in [-0.25, -0.2) is 0 Å². The average Bonchev–Trinajstić information content (AvgIpc) is 2.30. The fourth-order valence-corrected chi connectivity index (χ4v) is 1.51. The molecule has 0 amide bonds. The Balaban J connectivity index is 2.60. The van der Waals surface area contributed by atoms with Gasteiger partial charge in [-0.3, -0.25) is 0 Å². The van der Waals surface area contributed by atoms with Crippen LogP contribution < -0.4 is 0 Å². The molecular formula is C10H16BO. The monoisotopic (exact) mass is 163 g/mol. The van der Waals surface area contributed by atoms with Crippen LogP contribution in [0.5, 0.6) is 0 Å². The van der Waals surface area contributed by atoms with Crippen molar-refractivity contribution in [1.29, 1.82) is 0 Å². The van der Waals surface area contributed by atoms with E-state index in [0.717, 1.165) is 13.0 Å². The SMILES string of the molecule is C[B]OCC1=C(C)C(C)=C(C)C1. The topological polar surface area (TPSA) is 9.23 Å². The van der Waals surface area contributed by atoms with Crippen LogP contribution in [0.15, 0.2) is 22.3 Å². The molecule has 1 aliphatic rings. The third-order valence-corrected chi connectivity index (χ3v) is 2.64. The van der Waals surface area contributed by atoms with E-state index in [1.807, 2.05) is 6.82 Å². The molecule has 0 heterocycles. The maximum Gasteiger partial charge on any atom is 0.289 e. The molecular weight excluding hydrogens is 147 g/mol. The van der Waals surface area contributed by atoms with E-state index in [2.05, 4.69) is 20.8 Å². The van der Waals surface area contributed by atoms with Crippen LogP contribution in [0.25, 0.3) is 0 Å². The zero-order valence-corrected chi connectivity index (χ0v) is 8.40. The van der Waals surface area contributed by atoms with Crippen molar-refractivity contribution in [3.05, 3.63) is 22.3 Å². The second-order valence-electron chi connectivity index (χ2n) is 3.36. The lowest BCUT2D eigenvalue weighted by molar-refractivity contribution is 0.373. The summed E-state index contributed by atoms with van der Waals surface area (Å²) in [4.78, 5) is 0. The van der Waals surface area contributed by atoms with E-state index in [9.17, 15) is 0 Å². The van der Waals surface area contributed by atoms with Crippen LogP contribution in [-0.2, 0) is 4.65 Å². The van der Waals surface area contributed by atoms with Gasteiger partial charge in [0.25, 0.3) is 7.48 Å². The molecule has 1 nitrogen and oxygen atoms in total. The van der Waals surface area contributed by atoms with Gasteiger partial charge >= 0.3 is 0 Å². The maximum absolute atomic E-state index is 5.27. The molecule has 0 atom stereocenters. The van der Waals surface area contributed by atoms with Crippen molar-refractivity contribution in [2.75, 3.05) is 6.61 Å². The van der Waals surface area contributed by atoms with Gasteiger partial charge in [0.1, 0.15) is 0 Å². The van der Waals surface area contributed by atoms with Gasteiger partial charge in [0, 0.05) is 0 Å². The van der Waals surface area contributed by atoms with Crippen molar-refractivity contribution in [2.24, 2.45) is 0 Å². The van der Waals surface area contributed by atoms with Crippen molar-refractivity contribution in [2.45, 2.75) is 34.0 Å². The fourth-order valence-electron chi connectivity index (χ4n) is 1.51. The predicted octanol–water partition coefficient (Wildman–Crippen LogP) is 2.73. The molecule has 1 aliphatic carbocycles. The minimum Gasteiger partial charge on any atom is -0.437 e. The van der Waals surface area contributed by atoms with Gasteiger partial charge in [-0.15, -0.1) is 0 Å². The molecule has 2 heteroatoms. The third kappa shape index (κ3) is 1.81. The Morgan fingerprint density at radius 3 is 2.33 bits per heavy atom. The van der Waals surface area contributed by atoms with Gasteiger partial charge in [0.2, 0.25) is 0 Å². The summed E-state index contributed by atoms with van der Waals surface area (Å²) in [5, 5.41) is 0. The molecule has 0 unspecified atom stereocenters. The first-order valence-electron chi connectivity index (χ1n) is 4.41. The molecule has 12 heavy (non-hydrogen) atoms. The minimum absolute atomic E-state index is 0.761. The van der Waals surface area contributed by atoms with Gasteiger partial charge in [-0.05, 0) is 43.9 Å². The Morgan fingerprint density at radius 1 is 1.25 bits per heavy atom. The van der Waals surface area contributed by atoms with Crippen molar-refractivity contribution in [3.63, 3.8) is 0 Å². The Kier molecular flexibility index (Phi) is 3.16. The van der Waals surface area contributed by atoms with Crippen LogP contribution >= 0.6 is 0 Å². The Hall–Kier alpha value is -0.495. The van der Waals surface area contributed by atoms with E-state index in [1.165, 1.54) is 22.3 Å². The molecule has 0 aromatic rings. The van der Waals surface area contributed by atoms with Crippen molar-refractivity contribution < 1.29 is 4.65 Å². The van der Waals surface area contributed by atoms with E-state index in [0.29, 0.717) is 0 Å². The second kappa shape index (κ2) is 3.95. The molecule has 65 valence electrons. The molecule has 0 aliphatic heterocycles. The maximum atomic E-state index is 5.27. The average molecular weight is 163 g/mol. The lowest BCUT2D eigenvalue weighted by Crippen LogP contribution is -1.99. The first-order chi connectivity index (χ1) is 5.66. The summed E-state index contributed by atoms with van der Waals surface area (Å²) in [6.07, 6.45) is 1.10. The summed E-state index contributed by atoms with van der Waals surface area (Å²) in [5.41, 5.74) is 5.80. The Morgan fingerprint density at radius 2 is 1.92 bits per heavy atom. The number of hydrogen-bond acceptors (Lipinski definition) is 1. The molecule has 0 aromatic heterocycles. The zero-order valence-electron chi connectivity index (χ0n) is 8.40. The largest absolute Gasteiger partial charge is 0.437 e. The number of rotatable bonds is 3. The van der Waals surface area contributed by atoms with Crippen molar-refractivity contribution in [1.82, 2.24) is 0 Å². The molecule has 0 saturated heterocycles. The highest BCUT2D eigenvalue weighted by atomic mass is 16.4. The lowest BCUT2D eigenvalue weighted by Gasteiger charge is -2.04. The molecule has 0 aromatic carbocycles. The van der Waals surface area contributed by atoms with Gasteiger partial charge in [0.15, 0.2) is 0 Å². The highest BCUT2D eigenvalue weighted by Gasteiger charge is 2.14. The van der Waals surface area contributed by atoms with E-state index >= 15 is 0 Å². The van der Waals surface area contributed by atoms with E-state index in [1.54, 1.807) is 7.48 Å². The smallest absolute Gasteiger partial charge is 0.289 e. The van der Waals surface area contributed by atoms with E-state index in [-0.39, 0.29) is 0 Å². The highest BCUT2D eigenvalue weighted by molar-refractivity contribution is 6.24. The zero-order chi connectivity index (χ0) is 9.14. The third-order valence-electron chi connectivity index (χ3n) is 2.64.